The van der Waals surface area contributed by atoms with Gasteiger partial charge in [-0.15, -0.1) is 0 Å². The zero-order valence-electron chi connectivity index (χ0n) is 15.0. The summed E-state index contributed by atoms with van der Waals surface area (Å²) in [5, 5.41) is 0. The van der Waals surface area contributed by atoms with Gasteiger partial charge in [0.2, 0.25) is 11.8 Å². The van der Waals surface area contributed by atoms with E-state index in [1.807, 2.05) is 44.2 Å². The predicted molar refractivity (Wildman–Crippen MR) is 106 cm³/mol. The third-order valence-electron chi connectivity index (χ3n) is 6.13. The fourth-order valence-corrected chi connectivity index (χ4v) is 4.89. The summed E-state index contributed by atoms with van der Waals surface area (Å²) in [6.07, 6.45) is 2.53. The van der Waals surface area contributed by atoms with Crippen molar-refractivity contribution in [2.45, 2.75) is 39.0 Å². The predicted octanol–water partition coefficient (Wildman–Crippen LogP) is 5.14. The standard InChI is InChI=1S/C22H22BrNO2/c1-13-14(2)20(11-10-19(13)23)24-21(25)17-9-8-16(12-18(17)22(24)26)15-6-4-3-5-7-15/h3-7,10-11,16-18H,8-9,12H2,1-2H3/t16-,17-,18-/m1/s1. The van der Waals surface area contributed by atoms with Crippen LogP contribution in [-0.2, 0) is 9.59 Å². The molecule has 1 saturated carbocycles. The molecule has 2 aliphatic rings. The van der Waals surface area contributed by atoms with Crippen LogP contribution in [0.2, 0.25) is 0 Å². The summed E-state index contributed by atoms with van der Waals surface area (Å²) >= 11 is 3.53. The first-order valence-electron chi connectivity index (χ1n) is 9.17. The second kappa shape index (κ2) is 6.66. The lowest BCUT2D eigenvalue weighted by Crippen LogP contribution is -2.31. The molecule has 0 aromatic heterocycles. The van der Waals surface area contributed by atoms with Gasteiger partial charge >= 0.3 is 0 Å². The van der Waals surface area contributed by atoms with Crippen LogP contribution in [0.25, 0.3) is 0 Å². The van der Waals surface area contributed by atoms with E-state index in [4.69, 9.17) is 0 Å². The monoisotopic (exact) mass is 411 g/mol. The van der Waals surface area contributed by atoms with E-state index in [0.717, 1.165) is 40.5 Å². The maximum absolute atomic E-state index is 13.2. The minimum Gasteiger partial charge on any atom is -0.274 e. The number of hydrogen-bond donors (Lipinski definition) is 0. The van der Waals surface area contributed by atoms with E-state index in [9.17, 15) is 9.59 Å². The molecule has 4 rings (SSSR count). The Morgan fingerprint density at radius 1 is 0.885 bits per heavy atom. The second-order valence-electron chi connectivity index (χ2n) is 7.46. The van der Waals surface area contributed by atoms with E-state index >= 15 is 0 Å². The summed E-state index contributed by atoms with van der Waals surface area (Å²) in [6.45, 7) is 3.98. The summed E-state index contributed by atoms with van der Waals surface area (Å²) < 4.78 is 0.999. The number of benzene rings is 2. The zero-order chi connectivity index (χ0) is 18.4. The average Bonchev–Trinajstić information content (AvgIpc) is 2.91. The highest BCUT2D eigenvalue weighted by Crippen LogP contribution is 2.46. The maximum Gasteiger partial charge on any atom is 0.237 e. The van der Waals surface area contributed by atoms with Crippen molar-refractivity contribution in [2.75, 3.05) is 4.90 Å². The first kappa shape index (κ1) is 17.5. The molecule has 0 spiro atoms. The van der Waals surface area contributed by atoms with E-state index in [-0.39, 0.29) is 23.7 Å². The van der Waals surface area contributed by atoms with Crippen LogP contribution in [0, 0.1) is 25.7 Å². The molecule has 1 aliphatic heterocycles. The van der Waals surface area contributed by atoms with Crippen molar-refractivity contribution in [1.29, 1.82) is 0 Å². The largest absolute Gasteiger partial charge is 0.274 e. The molecule has 2 aromatic rings. The van der Waals surface area contributed by atoms with Crippen molar-refractivity contribution < 1.29 is 9.59 Å². The second-order valence-corrected chi connectivity index (χ2v) is 8.32. The molecule has 134 valence electrons. The van der Waals surface area contributed by atoms with Crippen molar-refractivity contribution in [3.63, 3.8) is 0 Å². The van der Waals surface area contributed by atoms with Crippen molar-refractivity contribution in [3.8, 4) is 0 Å². The summed E-state index contributed by atoms with van der Waals surface area (Å²) in [4.78, 5) is 27.7. The average molecular weight is 412 g/mol. The minimum absolute atomic E-state index is 0.0173. The van der Waals surface area contributed by atoms with E-state index in [0.29, 0.717) is 5.92 Å². The van der Waals surface area contributed by atoms with Crippen LogP contribution in [0.1, 0.15) is 41.9 Å². The smallest absolute Gasteiger partial charge is 0.237 e. The lowest BCUT2D eigenvalue weighted by atomic mass is 9.73. The maximum atomic E-state index is 13.2. The zero-order valence-corrected chi connectivity index (χ0v) is 16.6. The molecule has 3 nitrogen and oxygen atoms in total. The molecule has 4 heteroatoms. The summed E-state index contributed by atoms with van der Waals surface area (Å²) in [7, 11) is 0. The Bertz CT molecular complexity index is 877. The van der Waals surface area contributed by atoms with Crippen LogP contribution in [0.4, 0.5) is 5.69 Å². The Morgan fingerprint density at radius 2 is 1.58 bits per heavy atom. The van der Waals surface area contributed by atoms with Gasteiger partial charge in [0.05, 0.1) is 17.5 Å². The molecule has 3 atom stereocenters. The molecule has 1 saturated heterocycles. The molecule has 1 heterocycles. The van der Waals surface area contributed by atoms with E-state index in [1.165, 1.54) is 10.5 Å². The van der Waals surface area contributed by atoms with Crippen molar-refractivity contribution in [1.82, 2.24) is 0 Å². The van der Waals surface area contributed by atoms with Gasteiger partial charge in [0, 0.05) is 4.47 Å². The van der Waals surface area contributed by atoms with Gasteiger partial charge in [-0.1, -0.05) is 46.3 Å². The van der Waals surface area contributed by atoms with Gasteiger partial charge in [-0.05, 0) is 67.9 Å². The van der Waals surface area contributed by atoms with Crippen LogP contribution < -0.4 is 4.90 Å². The van der Waals surface area contributed by atoms with Crippen molar-refractivity contribution >= 4 is 33.4 Å². The van der Waals surface area contributed by atoms with Crippen LogP contribution in [0.5, 0.6) is 0 Å². The number of carbonyl (C=O) groups excluding carboxylic acids is 2. The molecule has 0 radical (unpaired) electrons. The topological polar surface area (TPSA) is 37.4 Å². The molecule has 0 N–H and O–H groups in total. The van der Waals surface area contributed by atoms with Gasteiger partial charge in [-0.25, -0.2) is 4.90 Å². The molecule has 0 bridgehead atoms. The fraction of sp³-hybridized carbons (Fsp3) is 0.364. The summed E-state index contributed by atoms with van der Waals surface area (Å²) in [5.74, 6) is -0.0284. The first-order chi connectivity index (χ1) is 12.5. The number of hydrogen-bond acceptors (Lipinski definition) is 2. The molecule has 1 aliphatic carbocycles. The van der Waals surface area contributed by atoms with E-state index in [2.05, 4.69) is 28.1 Å². The normalized spacial score (nSPS) is 25.5. The van der Waals surface area contributed by atoms with Gasteiger partial charge in [0.25, 0.3) is 0 Å². The molecule has 26 heavy (non-hydrogen) atoms. The molecule has 2 aromatic carbocycles. The summed E-state index contributed by atoms with van der Waals surface area (Å²) in [5.41, 5.74) is 4.08. The third-order valence-corrected chi connectivity index (χ3v) is 6.99. The third kappa shape index (κ3) is 2.71. The van der Waals surface area contributed by atoms with E-state index < -0.39 is 0 Å². The number of fused-ring (bicyclic) bond motifs is 1. The van der Waals surface area contributed by atoms with Crippen molar-refractivity contribution in [3.05, 3.63) is 63.6 Å². The van der Waals surface area contributed by atoms with Crippen LogP contribution in [-0.4, -0.2) is 11.8 Å². The Kier molecular flexibility index (Phi) is 4.47. The van der Waals surface area contributed by atoms with Gasteiger partial charge in [-0.3, -0.25) is 9.59 Å². The quantitative estimate of drug-likeness (QED) is 0.641. The number of anilines is 1. The van der Waals surface area contributed by atoms with Gasteiger partial charge < -0.3 is 0 Å². The van der Waals surface area contributed by atoms with E-state index in [1.54, 1.807) is 0 Å². The molecule has 0 unspecified atom stereocenters. The highest BCUT2D eigenvalue weighted by Gasteiger charge is 2.51. The van der Waals surface area contributed by atoms with Crippen LogP contribution in [0.15, 0.2) is 46.9 Å². The summed E-state index contributed by atoms with van der Waals surface area (Å²) in [6, 6.07) is 14.2. The van der Waals surface area contributed by atoms with Gasteiger partial charge in [0.1, 0.15) is 0 Å². The SMILES string of the molecule is Cc1c(Br)ccc(N2C(=O)[C@@H]3CC[C@@H](c4ccccc4)C[C@H]3C2=O)c1C. The fourth-order valence-electron chi connectivity index (χ4n) is 4.46. The van der Waals surface area contributed by atoms with Gasteiger partial charge in [-0.2, -0.15) is 0 Å². The lowest BCUT2D eigenvalue weighted by Gasteiger charge is -2.28. The molecular formula is C22H22BrNO2. The number of imide groups is 1. The Labute approximate surface area is 162 Å². The molecular weight excluding hydrogens is 390 g/mol. The van der Waals surface area contributed by atoms with Gasteiger partial charge in [0.15, 0.2) is 0 Å². The number of amides is 2. The first-order valence-corrected chi connectivity index (χ1v) is 9.96. The highest BCUT2D eigenvalue weighted by molar-refractivity contribution is 9.10. The number of rotatable bonds is 2. The Hall–Kier alpha value is -1.94. The van der Waals surface area contributed by atoms with Crippen molar-refractivity contribution in [2.24, 2.45) is 11.8 Å². The Morgan fingerprint density at radius 3 is 2.31 bits per heavy atom. The number of halogens is 1. The number of nitrogens with zero attached hydrogens (tertiary/aromatic N) is 1. The molecule has 2 fully saturated rings. The van der Waals surface area contributed by atoms with Crippen LogP contribution >= 0.6 is 15.9 Å². The highest BCUT2D eigenvalue weighted by atomic mass is 79.9. The minimum atomic E-state index is -0.190. The van der Waals surface area contributed by atoms with Crippen LogP contribution in [0.3, 0.4) is 0 Å². The Balaban J connectivity index is 1.65. The molecule has 2 amide bonds. The number of carbonyl (C=O) groups is 2. The lowest BCUT2D eigenvalue weighted by molar-refractivity contribution is -0.122.